The number of nitrogens with two attached hydrogens (primary N) is 1. The van der Waals surface area contributed by atoms with Gasteiger partial charge in [0.2, 0.25) is 0 Å². The van der Waals surface area contributed by atoms with Crippen molar-refractivity contribution in [1.29, 1.82) is 0 Å². The van der Waals surface area contributed by atoms with Crippen molar-refractivity contribution in [3.63, 3.8) is 0 Å². The first-order valence-electron chi connectivity index (χ1n) is 7.63. The van der Waals surface area contributed by atoms with Crippen LogP contribution in [-0.4, -0.2) is 22.0 Å². The van der Waals surface area contributed by atoms with E-state index in [4.69, 9.17) is 5.73 Å². The van der Waals surface area contributed by atoms with Crippen LogP contribution in [0.15, 0.2) is 40.5 Å². The monoisotopic (exact) mass is 342 g/mol. The van der Waals surface area contributed by atoms with Crippen LogP contribution < -0.4 is 16.6 Å². The fourth-order valence-corrected chi connectivity index (χ4v) is 3.19. The molecule has 1 aromatic carbocycles. The SMILES string of the molecule is Cn1c(=O)c(C(=O)NCCCc2csc(N)n2)cc2ccccc21. The summed E-state index contributed by atoms with van der Waals surface area (Å²) in [6, 6.07) is 9.14. The lowest BCUT2D eigenvalue weighted by molar-refractivity contribution is 0.0951. The van der Waals surface area contributed by atoms with Gasteiger partial charge in [0.25, 0.3) is 11.5 Å². The van der Waals surface area contributed by atoms with Crippen LogP contribution >= 0.6 is 11.3 Å². The number of carbonyl (C=O) groups excluding carboxylic acids is 1. The van der Waals surface area contributed by atoms with Crippen molar-refractivity contribution >= 4 is 33.3 Å². The van der Waals surface area contributed by atoms with Crippen molar-refractivity contribution in [2.75, 3.05) is 12.3 Å². The van der Waals surface area contributed by atoms with Gasteiger partial charge in [-0.1, -0.05) is 18.2 Å². The standard InChI is InChI=1S/C17H18N4O2S/c1-21-14-7-3-2-5-11(14)9-13(16(21)23)15(22)19-8-4-6-12-10-24-17(18)20-12/h2-3,5,7,9-10H,4,6,8H2,1H3,(H2,18,20)(H,19,22). The van der Waals surface area contributed by atoms with Gasteiger partial charge < -0.3 is 15.6 Å². The highest BCUT2D eigenvalue weighted by atomic mass is 32.1. The summed E-state index contributed by atoms with van der Waals surface area (Å²) in [7, 11) is 1.67. The number of aromatic nitrogens is 2. The molecule has 0 radical (unpaired) electrons. The van der Waals surface area contributed by atoms with Crippen LogP contribution in [0, 0.1) is 0 Å². The highest BCUT2D eigenvalue weighted by Crippen LogP contribution is 2.13. The lowest BCUT2D eigenvalue weighted by Crippen LogP contribution is -2.33. The van der Waals surface area contributed by atoms with E-state index in [1.54, 1.807) is 13.1 Å². The topological polar surface area (TPSA) is 90.0 Å². The Balaban J connectivity index is 1.67. The van der Waals surface area contributed by atoms with Crippen molar-refractivity contribution in [2.24, 2.45) is 7.05 Å². The Labute approximate surface area is 142 Å². The van der Waals surface area contributed by atoms with Crippen molar-refractivity contribution < 1.29 is 4.79 Å². The molecule has 0 unspecified atom stereocenters. The van der Waals surface area contributed by atoms with E-state index in [1.807, 2.05) is 29.6 Å². The third-order valence-electron chi connectivity index (χ3n) is 3.84. The molecule has 7 heteroatoms. The summed E-state index contributed by atoms with van der Waals surface area (Å²) in [6.07, 6.45) is 1.48. The number of fused-ring (bicyclic) bond motifs is 1. The number of para-hydroxylation sites is 1. The number of benzene rings is 1. The van der Waals surface area contributed by atoms with Gasteiger partial charge in [-0.15, -0.1) is 11.3 Å². The van der Waals surface area contributed by atoms with E-state index in [-0.39, 0.29) is 17.0 Å². The Hall–Kier alpha value is -2.67. The van der Waals surface area contributed by atoms with Crippen molar-refractivity contribution in [2.45, 2.75) is 12.8 Å². The zero-order chi connectivity index (χ0) is 17.1. The van der Waals surface area contributed by atoms with Crippen LogP contribution in [0.2, 0.25) is 0 Å². The van der Waals surface area contributed by atoms with Gasteiger partial charge in [-0.05, 0) is 30.4 Å². The minimum absolute atomic E-state index is 0.161. The number of hydrogen-bond donors (Lipinski definition) is 2. The second-order valence-electron chi connectivity index (χ2n) is 5.52. The third kappa shape index (κ3) is 3.30. The molecule has 24 heavy (non-hydrogen) atoms. The molecule has 3 rings (SSSR count). The third-order valence-corrected chi connectivity index (χ3v) is 4.57. The summed E-state index contributed by atoms with van der Waals surface area (Å²) in [5.74, 6) is -0.348. The van der Waals surface area contributed by atoms with Crippen LogP contribution in [0.4, 0.5) is 5.13 Å². The number of amides is 1. The van der Waals surface area contributed by atoms with Crippen molar-refractivity contribution in [1.82, 2.24) is 14.9 Å². The van der Waals surface area contributed by atoms with Crippen molar-refractivity contribution in [3.8, 4) is 0 Å². The molecule has 0 aliphatic heterocycles. The summed E-state index contributed by atoms with van der Waals surface area (Å²) >= 11 is 1.41. The maximum atomic E-state index is 12.4. The number of carbonyl (C=O) groups is 1. The summed E-state index contributed by atoms with van der Waals surface area (Å²) < 4.78 is 1.50. The molecule has 0 bridgehead atoms. The first-order valence-corrected chi connectivity index (χ1v) is 8.51. The van der Waals surface area contributed by atoms with Crippen LogP contribution in [0.1, 0.15) is 22.5 Å². The van der Waals surface area contributed by atoms with Crippen LogP contribution in [0.5, 0.6) is 0 Å². The molecule has 0 spiro atoms. The maximum absolute atomic E-state index is 12.4. The molecule has 2 heterocycles. The van der Waals surface area contributed by atoms with Gasteiger partial charge in [0.1, 0.15) is 5.56 Å². The quantitative estimate of drug-likeness (QED) is 0.693. The van der Waals surface area contributed by atoms with E-state index < -0.39 is 0 Å². The molecule has 0 aliphatic carbocycles. The van der Waals surface area contributed by atoms with Crippen LogP contribution in [0.3, 0.4) is 0 Å². The van der Waals surface area contributed by atoms with E-state index in [1.165, 1.54) is 15.9 Å². The first-order chi connectivity index (χ1) is 11.6. The molecular formula is C17H18N4O2S. The number of anilines is 1. The lowest BCUT2D eigenvalue weighted by Gasteiger charge is -2.09. The number of nitrogens with one attached hydrogen (secondary N) is 1. The second kappa shape index (κ2) is 6.84. The summed E-state index contributed by atoms with van der Waals surface area (Å²) in [6.45, 7) is 0.478. The smallest absolute Gasteiger partial charge is 0.263 e. The minimum Gasteiger partial charge on any atom is -0.375 e. The second-order valence-corrected chi connectivity index (χ2v) is 6.41. The molecule has 3 aromatic rings. The molecule has 0 saturated heterocycles. The molecule has 6 nitrogen and oxygen atoms in total. The Morgan fingerprint density at radius 1 is 1.38 bits per heavy atom. The fourth-order valence-electron chi connectivity index (χ4n) is 2.59. The summed E-state index contributed by atoms with van der Waals surface area (Å²) in [4.78, 5) is 28.9. The van der Waals surface area contributed by atoms with Gasteiger partial charge in [0, 0.05) is 19.0 Å². The molecule has 0 saturated carbocycles. The maximum Gasteiger partial charge on any atom is 0.263 e. The molecule has 1 amide bonds. The Morgan fingerprint density at radius 2 is 2.17 bits per heavy atom. The number of nitrogen functional groups attached to an aromatic ring is 1. The van der Waals surface area contributed by atoms with E-state index in [2.05, 4.69) is 10.3 Å². The van der Waals surface area contributed by atoms with Gasteiger partial charge in [-0.3, -0.25) is 9.59 Å². The van der Waals surface area contributed by atoms with Crippen LogP contribution in [-0.2, 0) is 13.5 Å². The molecule has 0 atom stereocenters. The lowest BCUT2D eigenvalue weighted by atomic mass is 10.1. The van der Waals surface area contributed by atoms with Crippen LogP contribution in [0.25, 0.3) is 10.9 Å². The molecule has 124 valence electrons. The predicted octanol–water partition coefficient (Wildman–Crippen LogP) is 1.94. The van der Waals surface area contributed by atoms with E-state index in [9.17, 15) is 9.59 Å². The number of rotatable bonds is 5. The molecular weight excluding hydrogens is 324 g/mol. The molecule has 0 fully saturated rings. The highest BCUT2D eigenvalue weighted by Gasteiger charge is 2.13. The van der Waals surface area contributed by atoms with E-state index >= 15 is 0 Å². The van der Waals surface area contributed by atoms with Gasteiger partial charge in [-0.2, -0.15) is 0 Å². The van der Waals surface area contributed by atoms with Gasteiger partial charge in [-0.25, -0.2) is 4.98 Å². The molecule has 2 aromatic heterocycles. The average Bonchev–Trinajstić information content (AvgIpc) is 3.00. The molecule has 0 aliphatic rings. The highest BCUT2D eigenvalue weighted by molar-refractivity contribution is 7.13. The Kier molecular flexibility index (Phi) is 4.61. The van der Waals surface area contributed by atoms with E-state index in [0.29, 0.717) is 11.7 Å². The van der Waals surface area contributed by atoms with Gasteiger partial charge in [0.15, 0.2) is 5.13 Å². The average molecular weight is 342 g/mol. The molecule has 3 N–H and O–H groups in total. The Bertz CT molecular complexity index is 945. The summed E-state index contributed by atoms with van der Waals surface area (Å²) in [5.41, 5.74) is 7.18. The number of nitrogens with zero attached hydrogens (tertiary/aromatic N) is 2. The van der Waals surface area contributed by atoms with Crippen molar-refractivity contribution in [3.05, 3.63) is 57.3 Å². The zero-order valence-corrected chi connectivity index (χ0v) is 14.1. The Morgan fingerprint density at radius 3 is 2.92 bits per heavy atom. The number of aryl methyl sites for hydroxylation is 2. The summed E-state index contributed by atoms with van der Waals surface area (Å²) in [5, 5.41) is 6.13. The number of pyridine rings is 1. The van der Waals surface area contributed by atoms with Gasteiger partial charge in [0.05, 0.1) is 11.2 Å². The fraction of sp³-hybridized carbons (Fsp3) is 0.235. The zero-order valence-electron chi connectivity index (χ0n) is 13.3. The normalized spacial score (nSPS) is 10.9. The number of thiazole rings is 1. The largest absolute Gasteiger partial charge is 0.375 e. The van der Waals surface area contributed by atoms with E-state index in [0.717, 1.165) is 29.4 Å². The van der Waals surface area contributed by atoms with Gasteiger partial charge >= 0.3 is 0 Å². The number of hydrogen-bond acceptors (Lipinski definition) is 5. The minimum atomic E-state index is -0.348. The predicted molar refractivity (Wildman–Crippen MR) is 96.4 cm³/mol. The first kappa shape index (κ1) is 16.2.